The highest BCUT2D eigenvalue weighted by molar-refractivity contribution is 6.20. The number of halogens is 1. The minimum atomic E-state index is -0.0823. The van der Waals surface area contributed by atoms with E-state index in [0.717, 1.165) is 24.8 Å². The van der Waals surface area contributed by atoms with Crippen LogP contribution >= 0.6 is 11.6 Å². The zero-order chi connectivity index (χ0) is 12.3. The van der Waals surface area contributed by atoms with E-state index < -0.39 is 0 Å². The highest BCUT2D eigenvalue weighted by atomic mass is 35.5. The van der Waals surface area contributed by atoms with Gasteiger partial charge in [0, 0.05) is 18.1 Å². The minimum absolute atomic E-state index is 0.0823. The number of hydrogen-bond donors (Lipinski definition) is 1. The van der Waals surface area contributed by atoms with Crippen LogP contribution in [0, 0.1) is 12.8 Å². The molecule has 0 radical (unpaired) electrons. The van der Waals surface area contributed by atoms with Crippen molar-refractivity contribution >= 4 is 17.5 Å². The highest BCUT2D eigenvalue weighted by Crippen LogP contribution is 2.28. The molecule has 0 bridgehead atoms. The molecule has 1 saturated carbocycles. The average molecular weight is 253 g/mol. The first-order valence-electron chi connectivity index (χ1n) is 6.00. The van der Waals surface area contributed by atoms with Crippen LogP contribution in [0.1, 0.15) is 35.3 Å². The van der Waals surface area contributed by atoms with Crippen LogP contribution in [-0.4, -0.2) is 22.8 Å². The third-order valence-corrected chi connectivity index (χ3v) is 3.65. The van der Waals surface area contributed by atoms with Crippen LogP contribution in [0.5, 0.6) is 0 Å². The Hall–Kier alpha value is -1.09. The van der Waals surface area contributed by atoms with E-state index in [1.54, 1.807) is 6.20 Å². The van der Waals surface area contributed by atoms with Gasteiger partial charge in [-0.1, -0.05) is 6.07 Å². The second kappa shape index (κ2) is 5.50. The molecular weight excluding hydrogens is 236 g/mol. The SMILES string of the molecule is Cc1cccnc1C(=O)NCC1CCC(Cl)C1. The quantitative estimate of drug-likeness (QED) is 0.840. The third-order valence-electron chi connectivity index (χ3n) is 3.25. The van der Waals surface area contributed by atoms with Crippen molar-refractivity contribution in [3.63, 3.8) is 0 Å². The maximum Gasteiger partial charge on any atom is 0.270 e. The first kappa shape index (κ1) is 12.4. The van der Waals surface area contributed by atoms with Gasteiger partial charge < -0.3 is 5.32 Å². The van der Waals surface area contributed by atoms with Crippen molar-refractivity contribution in [2.45, 2.75) is 31.6 Å². The van der Waals surface area contributed by atoms with Gasteiger partial charge in [-0.05, 0) is 43.7 Å². The Balaban J connectivity index is 1.88. The van der Waals surface area contributed by atoms with Crippen molar-refractivity contribution in [2.24, 2.45) is 5.92 Å². The summed E-state index contributed by atoms with van der Waals surface area (Å²) in [7, 11) is 0. The number of carbonyl (C=O) groups is 1. The van der Waals surface area contributed by atoms with Crippen molar-refractivity contribution in [1.82, 2.24) is 10.3 Å². The second-order valence-electron chi connectivity index (χ2n) is 4.66. The Bertz CT molecular complexity index is 408. The molecule has 3 nitrogen and oxygen atoms in total. The molecule has 1 heterocycles. The maximum absolute atomic E-state index is 11.9. The predicted molar refractivity (Wildman–Crippen MR) is 68.3 cm³/mol. The zero-order valence-electron chi connectivity index (χ0n) is 9.95. The predicted octanol–water partition coefficient (Wildman–Crippen LogP) is 2.53. The topological polar surface area (TPSA) is 42.0 Å². The Morgan fingerprint density at radius 2 is 2.41 bits per heavy atom. The average Bonchev–Trinajstić information content (AvgIpc) is 2.73. The molecule has 1 N–H and O–H groups in total. The van der Waals surface area contributed by atoms with Gasteiger partial charge in [-0.25, -0.2) is 0 Å². The third kappa shape index (κ3) is 3.19. The number of hydrogen-bond acceptors (Lipinski definition) is 2. The van der Waals surface area contributed by atoms with Crippen LogP contribution in [0.3, 0.4) is 0 Å². The number of pyridine rings is 1. The molecule has 0 aliphatic heterocycles. The molecule has 1 aliphatic rings. The fourth-order valence-electron chi connectivity index (χ4n) is 2.24. The number of alkyl halides is 1. The number of nitrogens with zero attached hydrogens (tertiary/aromatic N) is 1. The first-order chi connectivity index (χ1) is 8.16. The van der Waals surface area contributed by atoms with Gasteiger partial charge in [0.05, 0.1) is 0 Å². The standard InChI is InChI=1S/C13H17ClN2O/c1-9-3-2-6-15-12(9)13(17)16-8-10-4-5-11(14)7-10/h2-3,6,10-11H,4-5,7-8H2,1H3,(H,16,17). The minimum Gasteiger partial charge on any atom is -0.350 e. The normalized spacial score (nSPS) is 23.6. The number of nitrogens with one attached hydrogen (secondary N) is 1. The zero-order valence-corrected chi connectivity index (χ0v) is 10.7. The molecule has 1 aromatic heterocycles. The van der Waals surface area contributed by atoms with Crippen LogP contribution < -0.4 is 5.32 Å². The van der Waals surface area contributed by atoms with Crippen LogP contribution in [0.25, 0.3) is 0 Å². The van der Waals surface area contributed by atoms with E-state index in [9.17, 15) is 4.79 Å². The number of carbonyl (C=O) groups excluding carboxylic acids is 1. The van der Waals surface area contributed by atoms with E-state index in [4.69, 9.17) is 11.6 Å². The summed E-state index contributed by atoms with van der Waals surface area (Å²) >= 11 is 6.04. The van der Waals surface area contributed by atoms with Crippen molar-refractivity contribution in [3.8, 4) is 0 Å². The molecule has 1 fully saturated rings. The Labute approximate surface area is 107 Å². The van der Waals surface area contributed by atoms with Crippen LogP contribution in [0.2, 0.25) is 0 Å². The number of aryl methyl sites for hydroxylation is 1. The fraction of sp³-hybridized carbons (Fsp3) is 0.538. The lowest BCUT2D eigenvalue weighted by molar-refractivity contribution is 0.0941. The van der Waals surface area contributed by atoms with E-state index in [2.05, 4.69) is 10.3 Å². The van der Waals surface area contributed by atoms with E-state index in [1.807, 2.05) is 19.1 Å². The van der Waals surface area contributed by atoms with E-state index in [1.165, 1.54) is 0 Å². The van der Waals surface area contributed by atoms with Crippen LogP contribution in [0.15, 0.2) is 18.3 Å². The fourth-order valence-corrected chi connectivity index (χ4v) is 2.62. The summed E-state index contributed by atoms with van der Waals surface area (Å²) in [4.78, 5) is 16.0. The summed E-state index contributed by atoms with van der Waals surface area (Å²) in [6.07, 6.45) is 4.82. The molecule has 4 heteroatoms. The van der Waals surface area contributed by atoms with Crippen molar-refractivity contribution in [1.29, 1.82) is 0 Å². The molecule has 17 heavy (non-hydrogen) atoms. The Kier molecular flexibility index (Phi) is 4.00. The van der Waals surface area contributed by atoms with Crippen molar-refractivity contribution in [2.75, 3.05) is 6.54 Å². The summed E-state index contributed by atoms with van der Waals surface area (Å²) in [5.74, 6) is 0.437. The molecular formula is C13H17ClN2O. The first-order valence-corrected chi connectivity index (χ1v) is 6.44. The van der Waals surface area contributed by atoms with Gasteiger partial charge in [-0.3, -0.25) is 9.78 Å². The molecule has 2 rings (SSSR count). The Morgan fingerprint density at radius 3 is 3.06 bits per heavy atom. The Morgan fingerprint density at radius 1 is 1.59 bits per heavy atom. The summed E-state index contributed by atoms with van der Waals surface area (Å²) in [5.41, 5.74) is 1.43. The van der Waals surface area contributed by atoms with Gasteiger partial charge in [-0.15, -0.1) is 11.6 Å². The maximum atomic E-state index is 11.9. The lowest BCUT2D eigenvalue weighted by Crippen LogP contribution is -2.29. The molecule has 2 unspecified atom stereocenters. The molecule has 1 amide bonds. The largest absolute Gasteiger partial charge is 0.350 e. The number of aromatic nitrogens is 1. The monoisotopic (exact) mass is 252 g/mol. The molecule has 0 spiro atoms. The van der Waals surface area contributed by atoms with Gasteiger partial charge in [0.15, 0.2) is 0 Å². The van der Waals surface area contributed by atoms with Gasteiger partial charge >= 0.3 is 0 Å². The smallest absolute Gasteiger partial charge is 0.270 e. The highest BCUT2D eigenvalue weighted by Gasteiger charge is 2.23. The van der Waals surface area contributed by atoms with Gasteiger partial charge in [0.25, 0.3) is 5.91 Å². The lowest BCUT2D eigenvalue weighted by Gasteiger charge is -2.11. The second-order valence-corrected chi connectivity index (χ2v) is 5.27. The van der Waals surface area contributed by atoms with Gasteiger partial charge in [-0.2, -0.15) is 0 Å². The molecule has 1 aromatic rings. The molecule has 0 saturated heterocycles. The summed E-state index contributed by atoms with van der Waals surface area (Å²) < 4.78 is 0. The van der Waals surface area contributed by atoms with E-state index in [-0.39, 0.29) is 11.3 Å². The molecule has 2 atom stereocenters. The lowest BCUT2D eigenvalue weighted by atomic mass is 10.1. The van der Waals surface area contributed by atoms with Gasteiger partial charge in [0.1, 0.15) is 5.69 Å². The summed E-state index contributed by atoms with van der Waals surface area (Å²) in [6, 6.07) is 3.73. The van der Waals surface area contributed by atoms with E-state index in [0.29, 0.717) is 18.2 Å². The molecule has 92 valence electrons. The number of amides is 1. The van der Waals surface area contributed by atoms with Gasteiger partial charge in [0.2, 0.25) is 0 Å². The van der Waals surface area contributed by atoms with Crippen LogP contribution in [0.4, 0.5) is 0 Å². The van der Waals surface area contributed by atoms with Crippen molar-refractivity contribution < 1.29 is 4.79 Å². The van der Waals surface area contributed by atoms with Crippen molar-refractivity contribution in [3.05, 3.63) is 29.6 Å². The summed E-state index contributed by atoms with van der Waals surface area (Å²) in [6.45, 7) is 2.60. The van der Waals surface area contributed by atoms with Crippen LogP contribution in [-0.2, 0) is 0 Å². The summed E-state index contributed by atoms with van der Waals surface area (Å²) in [5, 5.41) is 3.23. The van der Waals surface area contributed by atoms with E-state index >= 15 is 0 Å². The molecule has 0 aromatic carbocycles. The number of rotatable bonds is 3. The molecule has 1 aliphatic carbocycles.